The number of methoxy groups -OCH3 is 1. The number of rotatable bonds is 5. The third kappa shape index (κ3) is 4.14. The zero-order valence-corrected chi connectivity index (χ0v) is 12.0. The van der Waals surface area contributed by atoms with Crippen LogP contribution in [0, 0.1) is 0 Å². The lowest BCUT2D eigenvalue weighted by atomic mass is 10.1. The largest absolute Gasteiger partial charge is 0.466 e. The molecule has 1 rings (SSSR count). The summed E-state index contributed by atoms with van der Waals surface area (Å²) in [5, 5.41) is 0. The highest BCUT2D eigenvalue weighted by Crippen LogP contribution is 2.20. The molecule has 0 aliphatic carbocycles. The molecule has 0 fully saturated rings. The number of carbonyl (C=O) groups excluding carboxylic acids is 2. The van der Waals surface area contributed by atoms with E-state index in [-0.39, 0.29) is 5.97 Å². The van der Waals surface area contributed by atoms with Gasteiger partial charge in [-0.1, -0.05) is 6.07 Å². The Morgan fingerprint density at radius 3 is 2.67 bits per heavy atom. The average Bonchev–Trinajstić information content (AvgIpc) is 2.37. The Hall–Kier alpha value is -1.36. The molecular formula is C13H15BrO4. The van der Waals surface area contributed by atoms with Gasteiger partial charge in [0.15, 0.2) is 0 Å². The van der Waals surface area contributed by atoms with Crippen LogP contribution in [-0.2, 0) is 20.7 Å². The molecule has 5 heteroatoms. The summed E-state index contributed by atoms with van der Waals surface area (Å²) in [6.07, 6.45) is 0.839. The van der Waals surface area contributed by atoms with Crippen molar-refractivity contribution >= 4 is 27.9 Å². The van der Waals surface area contributed by atoms with Gasteiger partial charge in [-0.3, -0.25) is 4.79 Å². The van der Waals surface area contributed by atoms with E-state index < -0.39 is 5.97 Å². The van der Waals surface area contributed by atoms with E-state index in [1.165, 1.54) is 7.11 Å². The van der Waals surface area contributed by atoms with Gasteiger partial charge < -0.3 is 9.47 Å². The fourth-order valence-corrected chi connectivity index (χ4v) is 1.88. The molecule has 0 amide bonds. The van der Waals surface area contributed by atoms with Crippen LogP contribution in [0.5, 0.6) is 0 Å². The summed E-state index contributed by atoms with van der Waals surface area (Å²) in [7, 11) is 1.33. The highest BCUT2D eigenvalue weighted by molar-refractivity contribution is 9.10. The standard InChI is InChI=1S/C13H15BrO4/c1-3-18-12(15)7-5-9-4-6-11(14)10(8-9)13(16)17-2/h4,6,8H,3,5,7H2,1-2H3. The van der Waals surface area contributed by atoms with E-state index in [2.05, 4.69) is 20.7 Å². The van der Waals surface area contributed by atoms with Crippen molar-refractivity contribution in [2.75, 3.05) is 13.7 Å². The molecule has 0 aliphatic heterocycles. The van der Waals surface area contributed by atoms with Crippen LogP contribution >= 0.6 is 15.9 Å². The molecule has 98 valence electrons. The predicted molar refractivity (Wildman–Crippen MR) is 70.4 cm³/mol. The van der Waals surface area contributed by atoms with Crippen LogP contribution in [0.15, 0.2) is 22.7 Å². The predicted octanol–water partition coefficient (Wildman–Crippen LogP) is 2.73. The van der Waals surface area contributed by atoms with Crippen molar-refractivity contribution in [2.24, 2.45) is 0 Å². The molecule has 1 aromatic rings. The average molecular weight is 315 g/mol. The molecular weight excluding hydrogens is 300 g/mol. The molecule has 0 saturated heterocycles. The summed E-state index contributed by atoms with van der Waals surface area (Å²) < 4.78 is 10.2. The molecule has 0 bridgehead atoms. The second-order valence-electron chi connectivity index (χ2n) is 3.61. The van der Waals surface area contributed by atoms with Gasteiger partial charge in [0.2, 0.25) is 0 Å². The smallest absolute Gasteiger partial charge is 0.339 e. The van der Waals surface area contributed by atoms with Crippen molar-refractivity contribution in [2.45, 2.75) is 19.8 Å². The molecule has 0 N–H and O–H groups in total. The first kappa shape index (κ1) is 14.7. The number of halogens is 1. The highest BCUT2D eigenvalue weighted by Gasteiger charge is 2.11. The minimum atomic E-state index is -0.403. The molecule has 4 nitrogen and oxygen atoms in total. The number of hydrogen-bond donors (Lipinski definition) is 0. The third-order valence-electron chi connectivity index (χ3n) is 2.36. The number of benzene rings is 1. The van der Waals surface area contributed by atoms with Gasteiger partial charge in [0, 0.05) is 10.9 Å². The molecule has 0 radical (unpaired) electrons. The van der Waals surface area contributed by atoms with Gasteiger partial charge in [-0.15, -0.1) is 0 Å². The number of esters is 2. The minimum absolute atomic E-state index is 0.236. The molecule has 1 aromatic carbocycles. The lowest BCUT2D eigenvalue weighted by Gasteiger charge is -2.06. The summed E-state index contributed by atoms with van der Waals surface area (Å²) in [5.41, 5.74) is 1.35. The van der Waals surface area contributed by atoms with Gasteiger partial charge in [0.05, 0.1) is 19.3 Å². The fraction of sp³-hybridized carbons (Fsp3) is 0.385. The van der Waals surface area contributed by atoms with Gasteiger partial charge in [0.25, 0.3) is 0 Å². The minimum Gasteiger partial charge on any atom is -0.466 e. The Kier molecular flexibility index (Phi) is 5.85. The van der Waals surface area contributed by atoms with Crippen molar-refractivity contribution in [3.8, 4) is 0 Å². The Morgan fingerprint density at radius 1 is 1.33 bits per heavy atom. The van der Waals surface area contributed by atoms with Crippen LogP contribution in [0.2, 0.25) is 0 Å². The van der Waals surface area contributed by atoms with Crippen LogP contribution in [0.3, 0.4) is 0 Å². The lowest BCUT2D eigenvalue weighted by Crippen LogP contribution is -2.06. The molecule has 0 spiro atoms. The monoisotopic (exact) mass is 314 g/mol. The topological polar surface area (TPSA) is 52.6 Å². The van der Waals surface area contributed by atoms with Gasteiger partial charge in [0.1, 0.15) is 0 Å². The Bertz CT molecular complexity index is 443. The zero-order valence-electron chi connectivity index (χ0n) is 10.4. The first-order chi connectivity index (χ1) is 8.58. The van der Waals surface area contributed by atoms with Crippen molar-refractivity contribution in [3.05, 3.63) is 33.8 Å². The van der Waals surface area contributed by atoms with Crippen molar-refractivity contribution < 1.29 is 19.1 Å². The number of carbonyl (C=O) groups is 2. The van der Waals surface area contributed by atoms with Crippen LogP contribution in [0.4, 0.5) is 0 Å². The van der Waals surface area contributed by atoms with Gasteiger partial charge in [-0.05, 0) is 47.0 Å². The lowest BCUT2D eigenvalue weighted by molar-refractivity contribution is -0.143. The van der Waals surface area contributed by atoms with Gasteiger partial charge in [-0.25, -0.2) is 4.79 Å². The molecule has 0 saturated carbocycles. The van der Waals surface area contributed by atoms with E-state index in [1.807, 2.05) is 6.07 Å². The van der Waals surface area contributed by atoms with Crippen LogP contribution in [-0.4, -0.2) is 25.7 Å². The summed E-state index contributed by atoms with van der Waals surface area (Å²) in [4.78, 5) is 22.7. The van der Waals surface area contributed by atoms with E-state index in [1.54, 1.807) is 19.1 Å². The summed E-state index contributed by atoms with van der Waals surface area (Å²) in [6.45, 7) is 2.15. The number of hydrogen-bond acceptors (Lipinski definition) is 4. The van der Waals surface area contributed by atoms with E-state index >= 15 is 0 Å². The van der Waals surface area contributed by atoms with E-state index in [9.17, 15) is 9.59 Å². The van der Waals surface area contributed by atoms with E-state index in [0.717, 1.165) is 5.56 Å². The molecule has 0 atom stereocenters. The second-order valence-corrected chi connectivity index (χ2v) is 4.47. The molecule has 0 aromatic heterocycles. The van der Waals surface area contributed by atoms with E-state index in [0.29, 0.717) is 29.5 Å². The van der Waals surface area contributed by atoms with Gasteiger partial charge >= 0.3 is 11.9 Å². The number of aryl methyl sites for hydroxylation is 1. The number of ether oxygens (including phenoxy) is 2. The molecule has 0 heterocycles. The molecule has 0 unspecified atom stereocenters. The molecule has 0 aliphatic rings. The summed E-state index contributed by atoms with van der Waals surface area (Å²) >= 11 is 3.28. The Balaban J connectivity index is 2.73. The van der Waals surface area contributed by atoms with Crippen LogP contribution in [0.25, 0.3) is 0 Å². The Labute approximate surface area is 114 Å². The van der Waals surface area contributed by atoms with Crippen LogP contribution in [0.1, 0.15) is 29.3 Å². The van der Waals surface area contributed by atoms with E-state index in [4.69, 9.17) is 4.74 Å². The maximum atomic E-state index is 11.5. The van der Waals surface area contributed by atoms with Crippen molar-refractivity contribution in [1.29, 1.82) is 0 Å². The first-order valence-corrected chi connectivity index (χ1v) is 6.40. The quantitative estimate of drug-likeness (QED) is 0.784. The summed E-state index contributed by atoms with van der Waals surface area (Å²) in [6, 6.07) is 5.34. The van der Waals surface area contributed by atoms with Crippen molar-refractivity contribution in [3.63, 3.8) is 0 Å². The Morgan fingerprint density at radius 2 is 2.06 bits per heavy atom. The normalized spacial score (nSPS) is 9.94. The second kappa shape index (κ2) is 7.16. The third-order valence-corrected chi connectivity index (χ3v) is 3.05. The first-order valence-electron chi connectivity index (χ1n) is 5.60. The highest BCUT2D eigenvalue weighted by atomic mass is 79.9. The zero-order chi connectivity index (χ0) is 13.5. The van der Waals surface area contributed by atoms with Gasteiger partial charge in [-0.2, -0.15) is 0 Å². The maximum absolute atomic E-state index is 11.5. The fourth-order valence-electron chi connectivity index (χ4n) is 1.47. The summed E-state index contributed by atoms with van der Waals surface area (Å²) in [5.74, 6) is -0.639. The molecule has 18 heavy (non-hydrogen) atoms. The SMILES string of the molecule is CCOC(=O)CCc1ccc(Br)c(C(=O)OC)c1. The van der Waals surface area contributed by atoms with Crippen molar-refractivity contribution in [1.82, 2.24) is 0 Å². The maximum Gasteiger partial charge on any atom is 0.339 e. The van der Waals surface area contributed by atoms with Crippen LogP contribution < -0.4 is 0 Å².